The van der Waals surface area contributed by atoms with E-state index in [1.54, 1.807) is 18.2 Å². The summed E-state index contributed by atoms with van der Waals surface area (Å²) in [7, 11) is -1.49. The summed E-state index contributed by atoms with van der Waals surface area (Å²) in [5, 5.41) is 0.663. The van der Waals surface area contributed by atoms with E-state index in [1.165, 1.54) is 6.20 Å². The lowest BCUT2D eigenvalue weighted by atomic mass is 10.2. The molecule has 1 aromatic carbocycles. The molecule has 114 valence electrons. The summed E-state index contributed by atoms with van der Waals surface area (Å²) in [5.41, 5.74) is 7.04. The van der Waals surface area contributed by atoms with Crippen molar-refractivity contribution in [3.63, 3.8) is 0 Å². The highest BCUT2D eigenvalue weighted by Gasteiger charge is 2.24. The molecule has 0 amide bonds. The average molecular weight is 308 g/mol. The van der Waals surface area contributed by atoms with E-state index in [0.717, 1.165) is 24.9 Å². The molecule has 4 N–H and O–H groups in total. The molecule has 0 bridgehead atoms. The number of hydrogen-bond donors (Lipinski definition) is 3. The SMILES string of the molecule is CN1CCCC1CNS(=O)(=O)c1c[nH]c2cc(N)ccc12. The number of nitrogens with zero attached hydrogens (tertiary/aromatic N) is 1. The number of H-pyrrole nitrogens is 1. The van der Waals surface area contributed by atoms with E-state index in [1.807, 2.05) is 7.05 Å². The number of hydrogen-bond acceptors (Lipinski definition) is 4. The topological polar surface area (TPSA) is 91.2 Å². The maximum Gasteiger partial charge on any atom is 0.242 e. The fourth-order valence-electron chi connectivity index (χ4n) is 2.86. The monoisotopic (exact) mass is 308 g/mol. The van der Waals surface area contributed by atoms with Crippen molar-refractivity contribution < 1.29 is 8.42 Å². The van der Waals surface area contributed by atoms with Gasteiger partial charge in [-0.2, -0.15) is 0 Å². The molecule has 0 spiro atoms. The second-order valence-electron chi connectivity index (χ2n) is 5.59. The van der Waals surface area contributed by atoms with Crippen LogP contribution >= 0.6 is 0 Å². The number of likely N-dealkylation sites (tertiary alicyclic amines) is 1. The van der Waals surface area contributed by atoms with E-state index >= 15 is 0 Å². The molecular formula is C14H20N4O2S. The molecule has 1 unspecified atom stereocenters. The first-order chi connectivity index (χ1) is 9.97. The molecule has 2 aromatic rings. The minimum absolute atomic E-state index is 0.276. The standard InChI is InChI=1S/C14H20N4O2S/c1-18-6-2-3-11(18)8-17-21(19,20)14-9-16-13-7-10(15)4-5-12(13)14/h4-5,7,9,11,16-17H,2-3,6,8,15H2,1H3. The Kier molecular flexibility index (Phi) is 3.64. The number of benzene rings is 1. The molecule has 0 radical (unpaired) electrons. The Hall–Kier alpha value is -1.57. The van der Waals surface area contributed by atoms with Crippen molar-refractivity contribution in [3.05, 3.63) is 24.4 Å². The van der Waals surface area contributed by atoms with Crippen LogP contribution in [-0.2, 0) is 10.0 Å². The molecule has 6 nitrogen and oxygen atoms in total. The number of anilines is 1. The molecule has 0 aliphatic carbocycles. The minimum Gasteiger partial charge on any atom is -0.399 e. The van der Waals surface area contributed by atoms with Crippen molar-refractivity contribution >= 4 is 26.6 Å². The maximum absolute atomic E-state index is 12.5. The Morgan fingerprint density at radius 2 is 2.29 bits per heavy atom. The molecule has 1 fully saturated rings. The third kappa shape index (κ3) is 2.76. The quantitative estimate of drug-likeness (QED) is 0.738. The smallest absolute Gasteiger partial charge is 0.242 e. The first kappa shape index (κ1) is 14.4. The molecule has 1 saturated heterocycles. The first-order valence-electron chi connectivity index (χ1n) is 7.04. The van der Waals surface area contributed by atoms with Gasteiger partial charge in [-0.05, 0) is 44.6 Å². The Bertz CT molecular complexity index is 753. The van der Waals surface area contributed by atoms with Crippen LogP contribution < -0.4 is 10.5 Å². The lowest BCUT2D eigenvalue weighted by Gasteiger charge is -2.19. The number of aromatic nitrogens is 1. The van der Waals surface area contributed by atoms with E-state index in [4.69, 9.17) is 5.73 Å². The van der Waals surface area contributed by atoms with Crippen LogP contribution in [0.15, 0.2) is 29.3 Å². The lowest BCUT2D eigenvalue weighted by Crippen LogP contribution is -2.38. The normalized spacial score (nSPS) is 20.3. The molecule has 1 aliphatic heterocycles. The Labute approximate surface area is 124 Å². The van der Waals surface area contributed by atoms with Crippen molar-refractivity contribution in [2.45, 2.75) is 23.8 Å². The third-order valence-corrected chi connectivity index (χ3v) is 5.60. The average Bonchev–Trinajstić information content (AvgIpc) is 3.02. The van der Waals surface area contributed by atoms with E-state index < -0.39 is 10.0 Å². The molecule has 21 heavy (non-hydrogen) atoms. The number of sulfonamides is 1. The molecule has 0 saturated carbocycles. The highest BCUT2D eigenvalue weighted by Crippen LogP contribution is 2.24. The van der Waals surface area contributed by atoms with Gasteiger partial charge in [0.2, 0.25) is 10.0 Å². The molecule has 2 heterocycles. The van der Waals surface area contributed by atoms with Gasteiger partial charge in [-0.3, -0.25) is 0 Å². The highest BCUT2D eigenvalue weighted by molar-refractivity contribution is 7.89. The van der Waals surface area contributed by atoms with Crippen molar-refractivity contribution in [3.8, 4) is 0 Å². The van der Waals surface area contributed by atoms with Gasteiger partial charge < -0.3 is 15.6 Å². The number of likely N-dealkylation sites (N-methyl/N-ethyl adjacent to an activating group) is 1. The zero-order valence-electron chi connectivity index (χ0n) is 12.0. The van der Waals surface area contributed by atoms with E-state index in [0.29, 0.717) is 17.6 Å². The van der Waals surface area contributed by atoms with Crippen LogP contribution in [0.4, 0.5) is 5.69 Å². The van der Waals surface area contributed by atoms with Crippen LogP contribution in [0.25, 0.3) is 10.9 Å². The zero-order chi connectivity index (χ0) is 15.0. The van der Waals surface area contributed by atoms with Gasteiger partial charge in [0.1, 0.15) is 4.90 Å². The number of nitrogen functional groups attached to an aromatic ring is 1. The van der Waals surface area contributed by atoms with E-state index in [2.05, 4.69) is 14.6 Å². The second kappa shape index (κ2) is 5.32. The summed E-state index contributed by atoms with van der Waals surface area (Å²) < 4.78 is 27.7. The van der Waals surface area contributed by atoms with Crippen molar-refractivity contribution in [1.29, 1.82) is 0 Å². The molecule has 1 aliphatic rings. The van der Waals surface area contributed by atoms with Gasteiger partial charge in [-0.1, -0.05) is 0 Å². The van der Waals surface area contributed by atoms with Gasteiger partial charge in [0.05, 0.1) is 0 Å². The predicted octanol–water partition coefficient (Wildman–Crippen LogP) is 1.12. The summed E-state index contributed by atoms with van der Waals surface area (Å²) in [6, 6.07) is 5.46. The van der Waals surface area contributed by atoms with Gasteiger partial charge in [-0.15, -0.1) is 0 Å². The van der Waals surface area contributed by atoms with Gasteiger partial charge >= 0.3 is 0 Å². The number of aromatic amines is 1. The molecule has 3 rings (SSSR count). The summed E-state index contributed by atoms with van der Waals surface area (Å²) >= 11 is 0. The largest absolute Gasteiger partial charge is 0.399 e. The van der Waals surface area contributed by atoms with Crippen LogP contribution in [-0.4, -0.2) is 44.5 Å². The molecular weight excluding hydrogens is 288 g/mol. The molecule has 7 heteroatoms. The predicted molar refractivity (Wildman–Crippen MR) is 83.6 cm³/mol. The number of nitrogens with two attached hydrogens (primary N) is 1. The fraction of sp³-hybridized carbons (Fsp3) is 0.429. The Balaban J connectivity index is 1.83. The maximum atomic E-state index is 12.5. The van der Waals surface area contributed by atoms with Gasteiger partial charge in [0.25, 0.3) is 0 Å². The third-order valence-electron chi connectivity index (χ3n) is 4.14. The first-order valence-corrected chi connectivity index (χ1v) is 8.52. The van der Waals surface area contributed by atoms with Crippen molar-refractivity contribution in [2.24, 2.45) is 0 Å². The summed E-state index contributed by atoms with van der Waals surface area (Å²) in [6.45, 7) is 1.47. The van der Waals surface area contributed by atoms with Crippen LogP contribution in [0.3, 0.4) is 0 Å². The fourth-order valence-corrected chi connectivity index (χ4v) is 4.11. The Morgan fingerprint density at radius 3 is 3.00 bits per heavy atom. The van der Waals surface area contributed by atoms with E-state index in [9.17, 15) is 8.42 Å². The molecule has 1 aromatic heterocycles. The second-order valence-corrected chi connectivity index (χ2v) is 7.32. The van der Waals surface area contributed by atoms with Crippen molar-refractivity contribution in [1.82, 2.24) is 14.6 Å². The summed E-state index contributed by atoms with van der Waals surface area (Å²) in [5.74, 6) is 0. The summed E-state index contributed by atoms with van der Waals surface area (Å²) in [6.07, 6.45) is 3.67. The van der Waals surface area contributed by atoms with Crippen LogP contribution in [0.1, 0.15) is 12.8 Å². The number of rotatable bonds is 4. The molecule has 1 atom stereocenters. The number of fused-ring (bicyclic) bond motifs is 1. The van der Waals surface area contributed by atoms with E-state index in [-0.39, 0.29) is 10.9 Å². The van der Waals surface area contributed by atoms with Crippen molar-refractivity contribution in [2.75, 3.05) is 25.9 Å². The Morgan fingerprint density at radius 1 is 1.48 bits per heavy atom. The van der Waals surface area contributed by atoms with Crippen LogP contribution in [0.5, 0.6) is 0 Å². The van der Waals surface area contributed by atoms with Gasteiger partial charge in [-0.25, -0.2) is 13.1 Å². The summed E-state index contributed by atoms with van der Waals surface area (Å²) in [4.78, 5) is 5.43. The zero-order valence-corrected chi connectivity index (χ0v) is 12.8. The van der Waals surface area contributed by atoms with Crippen LogP contribution in [0.2, 0.25) is 0 Å². The minimum atomic E-state index is -3.52. The lowest BCUT2D eigenvalue weighted by molar-refractivity contribution is 0.311. The highest BCUT2D eigenvalue weighted by atomic mass is 32.2. The number of nitrogens with one attached hydrogen (secondary N) is 2. The van der Waals surface area contributed by atoms with Gasteiger partial charge in [0.15, 0.2) is 0 Å². The van der Waals surface area contributed by atoms with Gasteiger partial charge in [0, 0.05) is 35.4 Å². The van der Waals surface area contributed by atoms with Crippen LogP contribution in [0, 0.1) is 0 Å².